The molecule has 0 spiro atoms. The lowest BCUT2D eigenvalue weighted by Crippen LogP contribution is -2.09. The van der Waals surface area contributed by atoms with Crippen molar-refractivity contribution in [2.75, 3.05) is 0 Å². The molecule has 0 amide bonds. The van der Waals surface area contributed by atoms with Crippen LogP contribution in [0.4, 0.5) is 0 Å². The predicted molar refractivity (Wildman–Crippen MR) is 64.7 cm³/mol. The number of rotatable bonds is 2. The Morgan fingerprint density at radius 1 is 1.53 bits per heavy atom. The van der Waals surface area contributed by atoms with Gasteiger partial charge in [0.2, 0.25) is 0 Å². The summed E-state index contributed by atoms with van der Waals surface area (Å²) in [5.74, 6) is 0.256. The number of carbonyl (C=O) groups is 1. The summed E-state index contributed by atoms with van der Waals surface area (Å²) in [5.41, 5.74) is 3.06. The molecule has 0 radical (unpaired) electrons. The number of hydrogen-bond donors (Lipinski definition) is 0. The van der Waals surface area contributed by atoms with Crippen LogP contribution in [0.2, 0.25) is 0 Å². The molecule has 1 heteroatoms. The van der Waals surface area contributed by atoms with Crippen LogP contribution < -0.4 is 0 Å². The molecule has 0 saturated carbocycles. The molecule has 1 rings (SSSR count). The summed E-state index contributed by atoms with van der Waals surface area (Å²) in [6, 6.07) is 0. The zero-order chi connectivity index (χ0) is 12.3. The molecule has 0 aliphatic heterocycles. The Kier molecular flexibility index (Phi) is 2.90. The molecule has 1 aliphatic carbocycles. The van der Waals surface area contributed by atoms with Crippen LogP contribution >= 0.6 is 0 Å². The summed E-state index contributed by atoms with van der Waals surface area (Å²) in [5, 5.41) is 0. The first-order chi connectivity index (χ1) is 7.38. The Hall–Kier alpha value is -1.11. The Labute approximate surface area is 94.0 Å². The zero-order valence-electron chi connectivity index (χ0n) is 11.1. The maximum atomic E-state index is 11.6. The highest BCUT2D eigenvalue weighted by molar-refractivity contribution is 5.99. The van der Waals surface area contributed by atoms with E-state index in [-0.39, 0.29) is 11.2 Å². The van der Waals surface area contributed by atoms with E-state index in [9.17, 15) is 4.79 Å². The fourth-order valence-electron chi connectivity index (χ4n) is 1.92. The van der Waals surface area contributed by atoms with Crippen LogP contribution in [0.3, 0.4) is 0 Å². The average molecular weight is 206 g/mol. The second-order valence-electron chi connectivity index (χ2n) is 4.80. The molecule has 1 nitrogen and oxygen atoms in total. The van der Waals surface area contributed by atoms with Gasteiger partial charge in [-0.25, -0.2) is 0 Å². The van der Waals surface area contributed by atoms with Gasteiger partial charge in [-0.05, 0) is 37.3 Å². The van der Waals surface area contributed by atoms with Crippen molar-refractivity contribution in [2.45, 2.75) is 41.0 Å². The smallest absolute Gasteiger partial charge is 0.159 e. The van der Waals surface area contributed by atoms with Gasteiger partial charge in [-0.15, -0.1) is 0 Å². The van der Waals surface area contributed by atoms with E-state index in [0.717, 1.165) is 16.7 Å². The van der Waals surface area contributed by atoms with Crippen molar-refractivity contribution in [3.05, 3.63) is 34.9 Å². The fraction of sp³-hybridized carbons (Fsp3) is 0.500. The molecule has 0 fully saturated rings. The van der Waals surface area contributed by atoms with Gasteiger partial charge in [-0.2, -0.15) is 0 Å². The fourth-order valence-corrected chi connectivity index (χ4v) is 1.92. The largest absolute Gasteiger partial charge is 0.295 e. The summed E-state index contributed by atoms with van der Waals surface area (Å²) in [6.07, 6.45) is 6.49. The van der Waals surface area contributed by atoms with Crippen molar-refractivity contribution in [3.63, 3.8) is 0 Å². The van der Waals surface area contributed by atoms with Crippen molar-refractivity contribution in [1.29, 1.82) is 0 Å². The molecular weight excluding hydrogens is 184 g/mol. The van der Waals surface area contributed by atoms with E-state index in [1.54, 1.807) is 0 Å². The first-order valence-electron chi connectivity index (χ1n) is 5.98. The standard InChI is InChI=1S/C14H20O/c1-6-10(2)7-8-12-11(3)13(15)9-14(12,4)5/h6-8H,9H2,1-5H3/i1T. The quantitative estimate of drug-likeness (QED) is 0.628. The molecule has 0 unspecified atom stereocenters. The molecule has 0 N–H and O–H groups in total. The molecule has 0 atom stereocenters. The first kappa shape index (κ1) is 10.4. The van der Waals surface area contributed by atoms with Crippen LogP contribution in [-0.2, 0) is 4.79 Å². The number of carbonyl (C=O) groups excluding carboxylic acids is 1. The Morgan fingerprint density at radius 3 is 2.67 bits per heavy atom. The monoisotopic (exact) mass is 206 g/mol. The first-order valence-corrected chi connectivity index (χ1v) is 5.27. The lowest BCUT2D eigenvalue weighted by Gasteiger charge is -2.19. The topological polar surface area (TPSA) is 17.1 Å². The summed E-state index contributed by atoms with van der Waals surface area (Å²) < 4.78 is 7.09. The molecule has 0 aromatic heterocycles. The summed E-state index contributed by atoms with van der Waals surface area (Å²) >= 11 is 0. The van der Waals surface area contributed by atoms with E-state index in [1.165, 1.54) is 0 Å². The van der Waals surface area contributed by atoms with Gasteiger partial charge in [-0.3, -0.25) is 4.79 Å². The third kappa shape index (κ3) is 2.47. The highest BCUT2D eigenvalue weighted by Crippen LogP contribution is 2.40. The molecule has 1 aliphatic rings. The summed E-state index contributed by atoms with van der Waals surface area (Å²) in [6.45, 7) is 8.39. The van der Waals surface area contributed by atoms with Crippen molar-refractivity contribution in [1.82, 2.24) is 0 Å². The molecule has 15 heavy (non-hydrogen) atoms. The maximum Gasteiger partial charge on any atom is 0.159 e. The van der Waals surface area contributed by atoms with Gasteiger partial charge in [0.05, 0.1) is 0 Å². The Morgan fingerprint density at radius 2 is 2.20 bits per heavy atom. The minimum atomic E-state index is -0.0427. The van der Waals surface area contributed by atoms with Crippen LogP contribution in [0.15, 0.2) is 34.9 Å². The predicted octanol–water partition coefficient (Wildman–Crippen LogP) is 3.82. The number of allylic oxidation sites excluding steroid dienone is 6. The second-order valence-corrected chi connectivity index (χ2v) is 4.80. The minimum absolute atomic E-state index is 0.0427. The van der Waals surface area contributed by atoms with Crippen LogP contribution in [0.5, 0.6) is 0 Å². The lowest BCUT2D eigenvalue weighted by molar-refractivity contribution is -0.115. The van der Waals surface area contributed by atoms with Gasteiger partial charge in [0.15, 0.2) is 5.78 Å². The van der Waals surface area contributed by atoms with Crippen LogP contribution in [0, 0.1) is 5.41 Å². The van der Waals surface area contributed by atoms with Gasteiger partial charge in [-0.1, -0.05) is 37.6 Å². The van der Waals surface area contributed by atoms with E-state index >= 15 is 0 Å². The second kappa shape index (κ2) is 4.18. The summed E-state index contributed by atoms with van der Waals surface area (Å²) in [4.78, 5) is 11.6. The van der Waals surface area contributed by atoms with E-state index < -0.39 is 0 Å². The van der Waals surface area contributed by atoms with E-state index in [4.69, 9.17) is 1.37 Å². The molecule has 0 aromatic rings. The Bertz CT molecular complexity index is 384. The van der Waals surface area contributed by atoms with Crippen LogP contribution in [0.25, 0.3) is 0 Å². The third-order valence-corrected chi connectivity index (χ3v) is 2.99. The van der Waals surface area contributed by atoms with Crippen molar-refractivity contribution in [3.8, 4) is 0 Å². The van der Waals surface area contributed by atoms with Crippen LogP contribution in [-0.4, -0.2) is 5.78 Å². The number of Topliss-reactive ketones (excluding diaryl/α,β-unsaturated/α-hetero) is 1. The zero-order valence-corrected chi connectivity index (χ0v) is 10.1. The van der Waals surface area contributed by atoms with E-state index in [0.29, 0.717) is 13.3 Å². The average Bonchev–Trinajstić information content (AvgIpc) is 2.34. The van der Waals surface area contributed by atoms with Crippen LogP contribution in [0.1, 0.15) is 42.4 Å². The van der Waals surface area contributed by atoms with Crippen molar-refractivity contribution >= 4 is 5.78 Å². The molecule has 0 heterocycles. The van der Waals surface area contributed by atoms with Crippen molar-refractivity contribution in [2.24, 2.45) is 5.41 Å². The third-order valence-electron chi connectivity index (χ3n) is 2.99. The van der Waals surface area contributed by atoms with E-state index in [1.807, 2.05) is 32.1 Å². The Balaban J connectivity index is 2.96. The minimum Gasteiger partial charge on any atom is -0.295 e. The molecule has 0 aromatic carbocycles. The molecular formula is C14H20O. The SMILES string of the molecule is [3H]CC=C(C)C=CC1=C(C)C(=O)CC1(C)C. The van der Waals surface area contributed by atoms with E-state index in [2.05, 4.69) is 13.8 Å². The van der Waals surface area contributed by atoms with Crippen molar-refractivity contribution < 1.29 is 6.17 Å². The maximum absolute atomic E-state index is 11.6. The number of hydrogen-bond acceptors (Lipinski definition) is 1. The lowest BCUT2D eigenvalue weighted by atomic mass is 9.85. The van der Waals surface area contributed by atoms with Gasteiger partial charge >= 0.3 is 0 Å². The highest BCUT2D eigenvalue weighted by Gasteiger charge is 2.34. The van der Waals surface area contributed by atoms with Gasteiger partial charge in [0.1, 0.15) is 0 Å². The van der Waals surface area contributed by atoms with Gasteiger partial charge < -0.3 is 0 Å². The molecule has 0 saturated heterocycles. The normalized spacial score (nSPS) is 22.8. The van der Waals surface area contributed by atoms with Gasteiger partial charge in [0, 0.05) is 7.79 Å². The summed E-state index contributed by atoms with van der Waals surface area (Å²) in [7, 11) is 0. The number of ketones is 1. The van der Waals surface area contributed by atoms with Gasteiger partial charge in [0.25, 0.3) is 0 Å². The molecule has 82 valence electrons. The molecule has 0 bridgehead atoms. The highest BCUT2D eigenvalue weighted by atomic mass is 16.1.